The van der Waals surface area contributed by atoms with Crippen molar-refractivity contribution < 1.29 is 22.7 Å². The molecule has 0 spiro atoms. The van der Waals surface area contributed by atoms with Crippen LogP contribution in [0, 0.1) is 6.92 Å². The van der Waals surface area contributed by atoms with Crippen LogP contribution >= 0.6 is 23.1 Å². The molecular weight excluding hydrogens is 484 g/mol. The van der Waals surface area contributed by atoms with Crippen LogP contribution in [0.5, 0.6) is 11.5 Å². The number of hydrogen-bond donors (Lipinski definition) is 1. The molecule has 0 atom stereocenters. The van der Waals surface area contributed by atoms with Crippen molar-refractivity contribution in [2.24, 2.45) is 0 Å². The van der Waals surface area contributed by atoms with Gasteiger partial charge in [0.1, 0.15) is 6.54 Å². The van der Waals surface area contributed by atoms with Crippen LogP contribution in [-0.2, 0) is 14.8 Å². The first-order valence-electron chi connectivity index (χ1n) is 9.86. The van der Waals surface area contributed by atoms with Gasteiger partial charge in [-0.05, 0) is 36.9 Å². The molecule has 0 saturated carbocycles. The van der Waals surface area contributed by atoms with Crippen molar-refractivity contribution in [3.8, 4) is 11.5 Å². The fourth-order valence-corrected chi connectivity index (χ4v) is 5.96. The summed E-state index contributed by atoms with van der Waals surface area (Å²) < 4.78 is 39.4. The van der Waals surface area contributed by atoms with Crippen LogP contribution in [0.3, 0.4) is 0 Å². The number of amides is 1. The third-order valence-corrected chi connectivity index (χ3v) is 8.10. The molecule has 0 unspecified atom stereocenters. The van der Waals surface area contributed by atoms with Gasteiger partial charge in [0.05, 0.1) is 24.8 Å². The Bertz CT molecular complexity index is 1210. The lowest BCUT2D eigenvalue weighted by molar-refractivity contribution is -0.114. The van der Waals surface area contributed by atoms with Crippen molar-refractivity contribution in [2.45, 2.75) is 23.1 Å². The zero-order chi connectivity index (χ0) is 24.0. The molecule has 1 heterocycles. The Morgan fingerprint density at radius 1 is 1.09 bits per heavy atom. The van der Waals surface area contributed by atoms with Crippen LogP contribution < -0.4 is 19.1 Å². The Labute approximate surface area is 201 Å². The molecule has 0 saturated heterocycles. The Balaban J connectivity index is 1.93. The molecule has 3 rings (SSSR count). The highest BCUT2D eigenvalue weighted by Gasteiger charge is 2.28. The summed E-state index contributed by atoms with van der Waals surface area (Å²) >= 11 is 2.74. The van der Waals surface area contributed by atoms with Gasteiger partial charge >= 0.3 is 0 Å². The molecule has 0 aliphatic heterocycles. The number of benzene rings is 2. The third kappa shape index (κ3) is 5.95. The van der Waals surface area contributed by atoms with Crippen LogP contribution in [0.25, 0.3) is 0 Å². The summed E-state index contributed by atoms with van der Waals surface area (Å²) in [5.74, 6) is 0.950. The molecule has 0 bridgehead atoms. The number of aryl methyl sites for hydroxylation is 1. The first-order valence-corrected chi connectivity index (χ1v) is 13.1. The summed E-state index contributed by atoms with van der Waals surface area (Å²) in [6.07, 6.45) is 0. The summed E-state index contributed by atoms with van der Waals surface area (Å²) in [4.78, 5) is 12.8. The number of hydrogen-bond acceptors (Lipinski definition) is 9. The molecule has 1 amide bonds. The smallest absolute Gasteiger partial charge is 0.264 e. The van der Waals surface area contributed by atoms with Gasteiger partial charge in [0, 0.05) is 6.07 Å². The molecule has 1 aromatic heterocycles. The normalized spacial score (nSPS) is 11.2. The Hall–Kier alpha value is -2.83. The first-order chi connectivity index (χ1) is 15.8. The SMILES string of the molecule is CCSc1nnc(NC(=O)CN(c2ccc(C)cc2)S(=O)(=O)c2ccc(OC)c(OC)c2)s1. The van der Waals surface area contributed by atoms with E-state index in [-0.39, 0.29) is 10.6 Å². The molecule has 12 heteroatoms. The molecule has 0 radical (unpaired) electrons. The maximum Gasteiger partial charge on any atom is 0.264 e. The summed E-state index contributed by atoms with van der Waals surface area (Å²) in [6, 6.07) is 11.2. The molecular formula is C21H24N4O5S3. The minimum absolute atomic E-state index is 0.0360. The van der Waals surface area contributed by atoms with Gasteiger partial charge in [-0.15, -0.1) is 10.2 Å². The van der Waals surface area contributed by atoms with Gasteiger partial charge in [-0.2, -0.15) is 0 Å². The largest absolute Gasteiger partial charge is 0.493 e. The molecule has 0 aliphatic rings. The van der Waals surface area contributed by atoms with Crippen molar-refractivity contribution in [3.63, 3.8) is 0 Å². The molecule has 176 valence electrons. The highest BCUT2D eigenvalue weighted by molar-refractivity contribution is 8.01. The van der Waals surface area contributed by atoms with Crippen LogP contribution in [-0.4, -0.2) is 51.0 Å². The van der Waals surface area contributed by atoms with E-state index in [0.29, 0.717) is 16.6 Å². The van der Waals surface area contributed by atoms with Gasteiger partial charge in [0.25, 0.3) is 10.0 Å². The second kappa shape index (κ2) is 10.9. The van der Waals surface area contributed by atoms with Gasteiger partial charge in [0.2, 0.25) is 11.0 Å². The number of anilines is 2. The summed E-state index contributed by atoms with van der Waals surface area (Å²) in [5.41, 5.74) is 1.31. The fourth-order valence-electron chi connectivity index (χ4n) is 2.86. The fraction of sp³-hybridized carbons (Fsp3) is 0.286. The van der Waals surface area contributed by atoms with Gasteiger partial charge in [-0.25, -0.2) is 8.42 Å². The van der Waals surface area contributed by atoms with Crippen LogP contribution in [0.1, 0.15) is 12.5 Å². The monoisotopic (exact) mass is 508 g/mol. The van der Waals surface area contributed by atoms with E-state index in [0.717, 1.165) is 20.0 Å². The third-order valence-electron chi connectivity index (χ3n) is 4.47. The zero-order valence-corrected chi connectivity index (χ0v) is 21.0. The van der Waals surface area contributed by atoms with E-state index in [2.05, 4.69) is 15.5 Å². The Morgan fingerprint density at radius 2 is 1.79 bits per heavy atom. The van der Waals surface area contributed by atoms with E-state index < -0.39 is 22.5 Å². The van der Waals surface area contributed by atoms with Gasteiger partial charge < -0.3 is 9.47 Å². The topological polar surface area (TPSA) is 111 Å². The lowest BCUT2D eigenvalue weighted by Gasteiger charge is -2.24. The van der Waals surface area contributed by atoms with Crippen LogP contribution in [0.2, 0.25) is 0 Å². The second-order valence-corrected chi connectivity index (χ2v) is 11.1. The number of nitrogens with zero attached hydrogens (tertiary/aromatic N) is 3. The number of ether oxygens (including phenoxy) is 2. The minimum Gasteiger partial charge on any atom is -0.493 e. The molecule has 0 aliphatic carbocycles. The van der Waals surface area contributed by atoms with E-state index >= 15 is 0 Å². The van der Waals surface area contributed by atoms with Crippen molar-refractivity contribution >= 4 is 49.8 Å². The van der Waals surface area contributed by atoms with E-state index in [1.807, 2.05) is 13.8 Å². The predicted octanol–water partition coefficient (Wildman–Crippen LogP) is 3.81. The number of thioether (sulfide) groups is 1. The summed E-state index contributed by atoms with van der Waals surface area (Å²) in [5, 5.41) is 10.9. The Morgan fingerprint density at radius 3 is 2.42 bits per heavy atom. The number of aromatic nitrogens is 2. The maximum atomic E-state index is 13.6. The molecule has 2 aromatic carbocycles. The molecule has 33 heavy (non-hydrogen) atoms. The number of sulfonamides is 1. The van der Waals surface area contributed by atoms with E-state index in [1.54, 1.807) is 24.3 Å². The summed E-state index contributed by atoms with van der Waals surface area (Å²) in [6.45, 7) is 3.43. The van der Waals surface area contributed by atoms with Gasteiger partial charge in [0.15, 0.2) is 15.8 Å². The quantitative estimate of drug-likeness (QED) is 0.325. The lowest BCUT2D eigenvalue weighted by Crippen LogP contribution is -2.38. The molecule has 1 N–H and O–H groups in total. The van der Waals surface area contributed by atoms with Crippen molar-refractivity contribution in [3.05, 3.63) is 48.0 Å². The van der Waals surface area contributed by atoms with Crippen LogP contribution in [0.15, 0.2) is 51.7 Å². The molecule has 3 aromatic rings. The van der Waals surface area contributed by atoms with Crippen LogP contribution in [0.4, 0.5) is 10.8 Å². The highest BCUT2D eigenvalue weighted by atomic mass is 32.2. The summed E-state index contributed by atoms with van der Waals surface area (Å²) in [7, 11) is -1.23. The average Bonchev–Trinajstić information content (AvgIpc) is 3.24. The molecule has 0 fully saturated rings. The molecule has 9 nitrogen and oxygen atoms in total. The number of nitrogens with one attached hydrogen (secondary N) is 1. The van der Waals surface area contributed by atoms with Gasteiger partial charge in [-0.3, -0.25) is 14.4 Å². The van der Waals surface area contributed by atoms with Gasteiger partial charge in [-0.1, -0.05) is 47.7 Å². The van der Waals surface area contributed by atoms with E-state index in [1.165, 1.54) is 55.5 Å². The number of carbonyl (C=O) groups excluding carboxylic acids is 1. The van der Waals surface area contributed by atoms with Crippen molar-refractivity contribution in [1.82, 2.24) is 10.2 Å². The number of carbonyl (C=O) groups is 1. The van der Waals surface area contributed by atoms with E-state index in [9.17, 15) is 13.2 Å². The van der Waals surface area contributed by atoms with E-state index in [4.69, 9.17) is 9.47 Å². The van der Waals surface area contributed by atoms with Crippen molar-refractivity contribution in [1.29, 1.82) is 0 Å². The average molecular weight is 509 g/mol. The lowest BCUT2D eigenvalue weighted by atomic mass is 10.2. The highest BCUT2D eigenvalue weighted by Crippen LogP contribution is 2.32. The Kier molecular flexibility index (Phi) is 8.16. The maximum absolute atomic E-state index is 13.6. The first kappa shape index (κ1) is 24.8. The minimum atomic E-state index is -4.12. The second-order valence-electron chi connectivity index (χ2n) is 6.72. The van der Waals surface area contributed by atoms with Crippen molar-refractivity contribution in [2.75, 3.05) is 36.1 Å². The standard InChI is InChI=1S/C21H24N4O5S3/c1-5-31-21-24-23-20(32-21)22-19(26)13-25(15-8-6-14(2)7-9-15)33(27,28)16-10-11-17(29-3)18(12-16)30-4/h6-12H,5,13H2,1-4H3,(H,22,23,26). The predicted molar refractivity (Wildman–Crippen MR) is 130 cm³/mol. The number of methoxy groups -OCH3 is 2. The zero-order valence-electron chi connectivity index (χ0n) is 18.6. The number of rotatable bonds is 10.